The zero-order chi connectivity index (χ0) is 11.2. The van der Waals surface area contributed by atoms with E-state index in [1.54, 1.807) is 0 Å². The molecule has 1 aliphatic heterocycles. The molecule has 0 saturated carbocycles. The number of fused-ring (bicyclic) bond motifs is 1. The van der Waals surface area contributed by atoms with Crippen LogP contribution in [0.5, 0.6) is 11.5 Å². The van der Waals surface area contributed by atoms with E-state index in [1.807, 2.05) is 0 Å². The molecule has 0 saturated heterocycles. The summed E-state index contributed by atoms with van der Waals surface area (Å²) in [5.41, 5.74) is -0.250. The summed E-state index contributed by atoms with van der Waals surface area (Å²) >= 11 is 5.54. The summed E-state index contributed by atoms with van der Waals surface area (Å²) in [5, 5.41) is 8.39. The first-order valence-corrected chi connectivity index (χ1v) is 4.09. The molecule has 1 aliphatic rings. The van der Waals surface area contributed by atoms with Gasteiger partial charge in [-0.2, -0.15) is 0 Å². The highest BCUT2D eigenvalue weighted by Gasteiger charge is 2.44. The zero-order valence-electron chi connectivity index (χ0n) is 6.96. The van der Waals surface area contributed by atoms with Crippen LogP contribution in [0.15, 0.2) is 12.1 Å². The van der Waals surface area contributed by atoms with Crippen molar-refractivity contribution in [1.82, 2.24) is 0 Å². The first-order valence-electron chi connectivity index (χ1n) is 3.72. The molecule has 7 heteroatoms. The fourth-order valence-electron chi connectivity index (χ4n) is 1.13. The standard InChI is InChI=1S/C8H3ClF2O4/c9-4-1-3(7(12)13)2-5-6(4)15-8(10,11)14-5/h1-2H,(H,12,13). The molecule has 0 aliphatic carbocycles. The van der Waals surface area contributed by atoms with Crippen molar-refractivity contribution in [3.05, 3.63) is 22.7 Å². The van der Waals surface area contributed by atoms with Crippen LogP contribution >= 0.6 is 11.6 Å². The summed E-state index contributed by atoms with van der Waals surface area (Å²) in [6.07, 6.45) is -3.80. The third-order valence-electron chi connectivity index (χ3n) is 1.71. The largest absolute Gasteiger partial charge is 0.586 e. The van der Waals surface area contributed by atoms with Gasteiger partial charge in [-0.15, -0.1) is 8.78 Å². The minimum Gasteiger partial charge on any atom is -0.478 e. The number of rotatable bonds is 1. The Labute approximate surface area is 87.0 Å². The number of halogens is 3. The van der Waals surface area contributed by atoms with Crippen LogP contribution in [0.25, 0.3) is 0 Å². The Morgan fingerprint density at radius 3 is 2.67 bits per heavy atom. The number of benzene rings is 1. The lowest BCUT2D eigenvalue weighted by atomic mass is 10.2. The lowest BCUT2D eigenvalue weighted by Crippen LogP contribution is -2.26. The van der Waals surface area contributed by atoms with Crippen LogP contribution in [0.4, 0.5) is 8.78 Å². The highest BCUT2D eigenvalue weighted by molar-refractivity contribution is 6.32. The van der Waals surface area contributed by atoms with E-state index >= 15 is 0 Å². The first-order chi connectivity index (χ1) is 6.89. The third-order valence-corrected chi connectivity index (χ3v) is 1.99. The van der Waals surface area contributed by atoms with Gasteiger partial charge in [0.25, 0.3) is 0 Å². The normalized spacial score (nSPS) is 16.5. The molecule has 0 aromatic heterocycles. The van der Waals surface area contributed by atoms with Crippen molar-refractivity contribution >= 4 is 17.6 Å². The Balaban J connectivity index is 2.51. The predicted molar refractivity (Wildman–Crippen MR) is 44.6 cm³/mol. The average molecular weight is 237 g/mol. The maximum atomic E-state index is 12.6. The van der Waals surface area contributed by atoms with Gasteiger partial charge < -0.3 is 14.6 Å². The molecule has 0 bridgehead atoms. The summed E-state index contributed by atoms with van der Waals surface area (Å²) < 4.78 is 33.3. The lowest BCUT2D eigenvalue weighted by Gasteiger charge is -2.04. The molecule has 1 N–H and O–H groups in total. The molecule has 0 unspecified atom stereocenters. The van der Waals surface area contributed by atoms with E-state index < -0.39 is 12.3 Å². The van der Waals surface area contributed by atoms with Gasteiger partial charge in [-0.1, -0.05) is 11.6 Å². The van der Waals surface area contributed by atoms with E-state index in [-0.39, 0.29) is 22.1 Å². The molecule has 0 fully saturated rings. The second-order valence-corrected chi connectivity index (χ2v) is 3.17. The number of hydrogen-bond donors (Lipinski definition) is 1. The van der Waals surface area contributed by atoms with Crippen molar-refractivity contribution in [1.29, 1.82) is 0 Å². The molecule has 1 aromatic rings. The number of carbonyl (C=O) groups is 1. The summed E-state index contributed by atoms with van der Waals surface area (Å²) in [6, 6.07) is 1.93. The van der Waals surface area contributed by atoms with Crippen LogP contribution in [0.2, 0.25) is 5.02 Å². The molecule has 0 spiro atoms. The smallest absolute Gasteiger partial charge is 0.478 e. The highest BCUT2D eigenvalue weighted by Crippen LogP contribution is 2.46. The van der Waals surface area contributed by atoms with E-state index in [0.717, 1.165) is 12.1 Å². The van der Waals surface area contributed by atoms with Crippen LogP contribution in [0.3, 0.4) is 0 Å². The van der Waals surface area contributed by atoms with Gasteiger partial charge in [0.2, 0.25) is 0 Å². The average Bonchev–Trinajstić information content (AvgIpc) is 2.39. The predicted octanol–water partition coefficient (Wildman–Crippen LogP) is 2.36. The molecular weight excluding hydrogens is 234 g/mol. The highest BCUT2D eigenvalue weighted by atomic mass is 35.5. The Morgan fingerprint density at radius 2 is 2.07 bits per heavy atom. The molecule has 0 radical (unpaired) electrons. The maximum absolute atomic E-state index is 12.6. The molecule has 15 heavy (non-hydrogen) atoms. The van der Waals surface area contributed by atoms with E-state index in [1.165, 1.54) is 0 Å². The summed E-state index contributed by atoms with van der Waals surface area (Å²) in [6.45, 7) is 0. The second-order valence-electron chi connectivity index (χ2n) is 2.76. The summed E-state index contributed by atoms with van der Waals surface area (Å²) in [4.78, 5) is 10.6. The van der Waals surface area contributed by atoms with Crippen molar-refractivity contribution in [2.75, 3.05) is 0 Å². The van der Waals surface area contributed by atoms with Crippen molar-refractivity contribution in [2.45, 2.75) is 6.29 Å². The monoisotopic (exact) mass is 236 g/mol. The SMILES string of the molecule is O=C(O)c1cc(Cl)c2c(c1)OC(F)(F)O2. The number of alkyl halides is 2. The van der Waals surface area contributed by atoms with Crippen LogP contribution in [0.1, 0.15) is 10.4 Å². The van der Waals surface area contributed by atoms with Crippen LogP contribution < -0.4 is 9.47 Å². The van der Waals surface area contributed by atoms with Crippen molar-refractivity contribution in [3.8, 4) is 11.5 Å². The van der Waals surface area contributed by atoms with Gasteiger partial charge in [0.05, 0.1) is 10.6 Å². The second kappa shape index (κ2) is 2.96. The Bertz CT molecular complexity index is 447. The molecule has 0 atom stereocenters. The molecule has 4 nitrogen and oxygen atoms in total. The van der Waals surface area contributed by atoms with Gasteiger partial charge in [-0.3, -0.25) is 0 Å². The topological polar surface area (TPSA) is 55.8 Å². The van der Waals surface area contributed by atoms with E-state index in [9.17, 15) is 13.6 Å². The summed E-state index contributed by atoms with van der Waals surface area (Å²) in [5.74, 6) is -2.03. The molecule has 2 rings (SSSR count). The van der Waals surface area contributed by atoms with Crippen molar-refractivity contribution in [2.24, 2.45) is 0 Å². The number of aromatic carboxylic acids is 1. The zero-order valence-corrected chi connectivity index (χ0v) is 7.72. The van der Waals surface area contributed by atoms with Gasteiger partial charge in [-0.25, -0.2) is 4.79 Å². The minimum absolute atomic E-state index is 0.234. The van der Waals surface area contributed by atoms with E-state index in [0.29, 0.717) is 0 Å². The van der Waals surface area contributed by atoms with Crippen LogP contribution in [-0.4, -0.2) is 17.4 Å². The van der Waals surface area contributed by atoms with Gasteiger partial charge in [-0.05, 0) is 12.1 Å². The molecule has 80 valence electrons. The van der Waals surface area contributed by atoms with Crippen LogP contribution in [-0.2, 0) is 0 Å². The van der Waals surface area contributed by atoms with Crippen LogP contribution in [0, 0.1) is 0 Å². The van der Waals surface area contributed by atoms with Crippen molar-refractivity contribution in [3.63, 3.8) is 0 Å². The molecule has 1 aromatic carbocycles. The maximum Gasteiger partial charge on any atom is 0.586 e. The summed E-state index contributed by atoms with van der Waals surface area (Å²) in [7, 11) is 0. The Kier molecular flexibility index (Phi) is 1.97. The Hall–Kier alpha value is -1.56. The van der Waals surface area contributed by atoms with E-state index in [4.69, 9.17) is 16.7 Å². The fourth-order valence-corrected chi connectivity index (χ4v) is 1.38. The number of carboxylic acid groups (broad SMARTS) is 1. The number of hydrogen-bond acceptors (Lipinski definition) is 3. The van der Waals surface area contributed by atoms with E-state index in [2.05, 4.69) is 9.47 Å². The van der Waals surface area contributed by atoms with Gasteiger partial charge >= 0.3 is 12.3 Å². The van der Waals surface area contributed by atoms with Gasteiger partial charge in [0.15, 0.2) is 11.5 Å². The fraction of sp³-hybridized carbons (Fsp3) is 0.125. The van der Waals surface area contributed by atoms with Gasteiger partial charge in [0, 0.05) is 0 Å². The quantitative estimate of drug-likeness (QED) is 0.813. The molecule has 0 amide bonds. The van der Waals surface area contributed by atoms with Gasteiger partial charge in [0.1, 0.15) is 0 Å². The number of carboxylic acids is 1. The lowest BCUT2D eigenvalue weighted by molar-refractivity contribution is -0.286. The Morgan fingerprint density at radius 1 is 1.40 bits per heavy atom. The number of ether oxygens (including phenoxy) is 2. The van der Waals surface area contributed by atoms with Crippen molar-refractivity contribution < 1.29 is 28.2 Å². The molecule has 1 heterocycles. The first kappa shape index (κ1) is 9.97. The molecular formula is C8H3ClF2O4. The third kappa shape index (κ3) is 1.68. The minimum atomic E-state index is -3.80.